The predicted octanol–water partition coefficient (Wildman–Crippen LogP) is 0.727. The summed E-state index contributed by atoms with van der Waals surface area (Å²) in [6.45, 7) is 2.00. The molecule has 1 amide bonds. The molecule has 0 aromatic carbocycles. The molecule has 3 heteroatoms. The van der Waals surface area contributed by atoms with Gasteiger partial charge in [-0.15, -0.1) is 0 Å². The molecule has 0 saturated heterocycles. The molecule has 2 N–H and O–H groups in total. The number of hydrogen-bond donors (Lipinski definition) is 2. The molecule has 1 aliphatic heterocycles. The van der Waals surface area contributed by atoms with E-state index in [1.807, 2.05) is 6.92 Å². The van der Waals surface area contributed by atoms with Crippen molar-refractivity contribution in [2.75, 3.05) is 0 Å². The van der Waals surface area contributed by atoms with Gasteiger partial charge in [-0.25, -0.2) is 0 Å². The summed E-state index contributed by atoms with van der Waals surface area (Å²) >= 11 is 0. The van der Waals surface area contributed by atoms with Crippen molar-refractivity contribution in [1.29, 1.82) is 0 Å². The molecule has 0 aliphatic carbocycles. The van der Waals surface area contributed by atoms with Crippen LogP contribution in [0.5, 0.6) is 0 Å². The average Bonchev–Trinajstić information content (AvgIpc) is 1.95. The van der Waals surface area contributed by atoms with Gasteiger partial charge in [0.2, 0.25) is 0 Å². The highest BCUT2D eigenvalue weighted by molar-refractivity contribution is 5.91. The fraction of sp³-hybridized carbons (Fsp3) is 0.571. The lowest BCUT2D eigenvalue weighted by atomic mass is 10.1. The molecular formula is C7H11NO2. The van der Waals surface area contributed by atoms with Gasteiger partial charge in [0.05, 0.1) is 0 Å². The Labute approximate surface area is 59.7 Å². The maximum Gasteiger partial charge on any atom is 0.285 e. The predicted molar refractivity (Wildman–Crippen MR) is 37.6 cm³/mol. The van der Waals surface area contributed by atoms with E-state index < -0.39 is 0 Å². The summed E-state index contributed by atoms with van der Waals surface area (Å²) in [6, 6.07) is 0.211. The second-order valence-electron chi connectivity index (χ2n) is 2.40. The van der Waals surface area contributed by atoms with E-state index in [-0.39, 0.29) is 17.7 Å². The van der Waals surface area contributed by atoms with Crippen molar-refractivity contribution in [3.05, 3.63) is 11.8 Å². The molecule has 56 valence electrons. The van der Waals surface area contributed by atoms with E-state index in [1.54, 1.807) is 6.08 Å². The third-order valence-corrected chi connectivity index (χ3v) is 1.66. The van der Waals surface area contributed by atoms with Crippen molar-refractivity contribution in [2.45, 2.75) is 25.8 Å². The van der Waals surface area contributed by atoms with Crippen LogP contribution >= 0.6 is 0 Å². The highest BCUT2D eigenvalue weighted by Gasteiger charge is 2.17. The van der Waals surface area contributed by atoms with Crippen LogP contribution in [0.1, 0.15) is 19.8 Å². The van der Waals surface area contributed by atoms with E-state index in [2.05, 4.69) is 5.32 Å². The fourth-order valence-electron chi connectivity index (χ4n) is 0.934. The zero-order valence-electron chi connectivity index (χ0n) is 5.92. The number of rotatable bonds is 1. The summed E-state index contributed by atoms with van der Waals surface area (Å²) in [5.74, 6) is -0.497. The van der Waals surface area contributed by atoms with Crippen molar-refractivity contribution in [2.24, 2.45) is 0 Å². The first-order chi connectivity index (χ1) is 4.74. The number of hydrogen-bond acceptors (Lipinski definition) is 2. The van der Waals surface area contributed by atoms with Crippen molar-refractivity contribution in [3.8, 4) is 0 Å². The summed E-state index contributed by atoms with van der Waals surface area (Å²) < 4.78 is 0. The molecule has 10 heavy (non-hydrogen) atoms. The molecule has 1 atom stereocenters. The number of carbonyl (C=O) groups excluding carboxylic acids is 1. The number of aliphatic hydroxyl groups excluding tert-OH is 1. The molecule has 0 radical (unpaired) electrons. The molecule has 1 rings (SSSR count). The van der Waals surface area contributed by atoms with Gasteiger partial charge in [0.15, 0.2) is 5.76 Å². The standard InChI is InChI=1S/C7H11NO2/c1-2-5-3-4-6(9)7(10)8-5/h4-5,9H,2-3H2,1H3,(H,8,10). The minimum absolute atomic E-state index is 0.148. The average molecular weight is 141 g/mol. The van der Waals surface area contributed by atoms with Crippen LogP contribution in [-0.2, 0) is 4.79 Å². The van der Waals surface area contributed by atoms with Gasteiger partial charge in [0.25, 0.3) is 5.91 Å². The maximum absolute atomic E-state index is 10.7. The zero-order valence-corrected chi connectivity index (χ0v) is 5.92. The van der Waals surface area contributed by atoms with E-state index in [1.165, 1.54) is 0 Å². The maximum atomic E-state index is 10.7. The van der Waals surface area contributed by atoms with Gasteiger partial charge < -0.3 is 10.4 Å². The van der Waals surface area contributed by atoms with Crippen molar-refractivity contribution < 1.29 is 9.90 Å². The number of amides is 1. The summed E-state index contributed by atoms with van der Waals surface area (Å²) in [5, 5.41) is 11.5. The van der Waals surface area contributed by atoms with Crippen LogP contribution in [0, 0.1) is 0 Å². The van der Waals surface area contributed by atoms with E-state index in [4.69, 9.17) is 5.11 Å². The van der Waals surface area contributed by atoms with Crippen LogP contribution in [0.2, 0.25) is 0 Å². The Morgan fingerprint density at radius 1 is 1.90 bits per heavy atom. The molecule has 1 unspecified atom stereocenters. The summed E-state index contributed by atoms with van der Waals surface area (Å²) in [7, 11) is 0. The van der Waals surface area contributed by atoms with Crippen LogP contribution in [0.3, 0.4) is 0 Å². The van der Waals surface area contributed by atoms with Crippen LogP contribution < -0.4 is 5.32 Å². The molecule has 1 heterocycles. The van der Waals surface area contributed by atoms with Gasteiger partial charge in [-0.2, -0.15) is 0 Å². The van der Waals surface area contributed by atoms with E-state index in [0.717, 1.165) is 12.8 Å². The van der Waals surface area contributed by atoms with Gasteiger partial charge in [-0.3, -0.25) is 4.79 Å². The highest BCUT2D eigenvalue weighted by atomic mass is 16.3. The second-order valence-corrected chi connectivity index (χ2v) is 2.40. The van der Waals surface area contributed by atoms with Gasteiger partial charge in [-0.1, -0.05) is 6.92 Å². The normalized spacial score (nSPS) is 25.5. The largest absolute Gasteiger partial charge is 0.503 e. The third kappa shape index (κ3) is 1.29. The number of aliphatic hydroxyl groups is 1. The van der Waals surface area contributed by atoms with E-state index >= 15 is 0 Å². The molecule has 0 spiro atoms. The second kappa shape index (κ2) is 2.73. The van der Waals surface area contributed by atoms with E-state index in [9.17, 15) is 4.79 Å². The smallest absolute Gasteiger partial charge is 0.285 e. The first kappa shape index (κ1) is 7.12. The Hall–Kier alpha value is -0.990. The molecule has 0 fully saturated rings. The topological polar surface area (TPSA) is 49.3 Å². The first-order valence-electron chi connectivity index (χ1n) is 3.44. The molecule has 1 aliphatic rings. The summed E-state index contributed by atoms with van der Waals surface area (Å²) in [5.41, 5.74) is 0. The van der Waals surface area contributed by atoms with Crippen LogP contribution in [0.15, 0.2) is 11.8 Å². The summed E-state index contributed by atoms with van der Waals surface area (Å²) in [4.78, 5) is 10.7. The number of nitrogens with one attached hydrogen (secondary N) is 1. The number of carbonyl (C=O) groups is 1. The Balaban J connectivity index is 2.59. The SMILES string of the molecule is CCC1CC=C(O)C(=O)N1. The Bertz CT molecular complexity index is 174. The molecule has 3 nitrogen and oxygen atoms in total. The fourth-order valence-corrected chi connectivity index (χ4v) is 0.934. The monoisotopic (exact) mass is 141 g/mol. The molecule has 0 bridgehead atoms. The third-order valence-electron chi connectivity index (χ3n) is 1.66. The van der Waals surface area contributed by atoms with Crippen LogP contribution in [0.25, 0.3) is 0 Å². The first-order valence-corrected chi connectivity index (χ1v) is 3.44. The van der Waals surface area contributed by atoms with Gasteiger partial charge >= 0.3 is 0 Å². The van der Waals surface area contributed by atoms with Crippen molar-refractivity contribution in [1.82, 2.24) is 5.32 Å². The quantitative estimate of drug-likeness (QED) is 0.565. The Morgan fingerprint density at radius 3 is 3.10 bits per heavy atom. The van der Waals surface area contributed by atoms with Crippen molar-refractivity contribution in [3.63, 3.8) is 0 Å². The summed E-state index contributed by atoms with van der Waals surface area (Å²) in [6.07, 6.45) is 3.22. The lowest BCUT2D eigenvalue weighted by Gasteiger charge is -2.18. The van der Waals surface area contributed by atoms with Crippen molar-refractivity contribution >= 4 is 5.91 Å². The van der Waals surface area contributed by atoms with Gasteiger partial charge in [0, 0.05) is 6.04 Å². The van der Waals surface area contributed by atoms with E-state index in [0.29, 0.717) is 0 Å². The lowest BCUT2D eigenvalue weighted by molar-refractivity contribution is -0.121. The zero-order chi connectivity index (χ0) is 7.56. The van der Waals surface area contributed by atoms with Crippen LogP contribution in [-0.4, -0.2) is 17.1 Å². The molecule has 0 aromatic rings. The minimum atomic E-state index is -0.349. The molecular weight excluding hydrogens is 130 g/mol. The highest BCUT2D eigenvalue weighted by Crippen LogP contribution is 2.07. The van der Waals surface area contributed by atoms with Gasteiger partial charge in [0.1, 0.15) is 0 Å². The van der Waals surface area contributed by atoms with Gasteiger partial charge in [-0.05, 0) is 18.9 Å². The Morgan fingerprint density at radius 2 is 2.60 bits per heavy atom. The Kier molecular flexibility index (Phi) is 1.94. The minimum Gasteiger partial charge on any atom is -0.503 e. The molecule has 0 saturated carbocycles. The molecule has 0 aromatic heterocycles. The lowest BCUT2D eigenvalue weighted by Crippen LogP contribution is -2.38. The van der Waals surface area contributed by atoms with Crippen LogP contribution in [0.4, 0.5) is 0 Å².